The molecule has 0 bridgehead atoms. The summed E-state index contributed by atoms with van der Waals surface area (Å²) in [5.74, 6) is 1.08. The van der Waals surface area contributed by atoms with Crippen molar-refractivity contribution in [3.05, 3.63) is 36.5 Å². The van der Waals surface area contributed by atoms with Crippen LogP contribution < -0.4 is 4.74 Å². The maximum absolute atomic E-state index is 11.8. The van der Waals surface area contributed by atoms with Gasteiger partial charge >= 0.3 is 0 Å². The lowest BCUT2D eigenvalue weighted by Gasteiger charge is -2.17. The summed E-state index contributed by atoms with van der Waals surface area (Å²) < 4.78 is 5.56. The van der Waals surface area contributed by atoms with Gasteiger partial charge in [-0.25, -0.2) is 4.98 Å². The molecular weight excluding hydrogens is 240 g/mol. The van der Waals surface area contributed by atoms with E-state index in [0.717, 1.165) is 12.1 Å². The Morgan fingerprint density at radius 2 is 2.42 bits per heavy atom. The van der Waals surface area contributed by atoms with Crippen LogP contribution in [0.2, 0.25) is 0 Å². The Morgan fingerprint density at radius 3 is 3.05 bits per heavy atom. The van der Waals surface area contributed by atoms with Crippen LogP contribution >= 0.6 is 0 Å². The van der Waals surface area contributed by atoms with E-state index in [1.807, 2.05) is 37.0 Å². The van der Waals surface area contributed by atoms with Gasteiger partial charge in [0.25, 0.3) is 0 Å². The van der Waals surface area contributed by atoms with Crippen molar-refractivity contribution in [2.45, 2.75) is 32.9 Å². The standard InChI is InChI=1S/C15H20N2O2/c1-4-12-8-15(18)17(9-12)10-13-5-6-16-14(7-13)19-11(2)3/h4-7,11-12H,1,8-10H2,2-3H3. The summed E-state index contributed by atoms with van der Waals surface area (Å²) in [4.78, 5) is 17.9. The quantitative estimate of drug-likeness (QED) is 0.763. The highest BCUT2D eigenvalue weighted by Gasteiger charge is 2.27. The van der Waals surface area contributed by atoms with Gasteiger partial charge in [0.15, 0.2) is 0 Å². The van der Waals surface area contributed by atoms with Gasteiger partial charge in [-0.2, -0.15) is 0 Å². The highest BCUT2D eigenvalue weighted by Crippen LogP contribution is 2.21. The lowest BCUT2D eigenvalue weighted by molar-refractivity contribution is -0.128. The number of hydrogen-bond donors (Lipinski definition) is 0. The molecule has 0 aliphatic carbocycles. The number of rotatable bonds is 5. The Hall–Kier alpha value is -1.84. The van der Waals surface area contributed by atoms with Crippen molar-refractivity contribution in [2.75, 3.05) is 6.54 Å². The molecule has 2 heterocycles. The third-order valence-corrected chi connectivity index (χ3v) is 3.11. The minimum atomic E-state index is 0.0984. The number of pyridine rings is 1. The summed E-state index contributed by atoms with van der Waals surface area (Å²) in [7, 11) is 0. The molecule has 1 amide bonds. The van der Waals surface area contributed by atoms with Gasteiger partial charge in [-0.15, -0.1) is 6.58 Å². The fourth-order valence-corrected chi connectivity index (χ4v) is 2.19. The molecular formula is C15H20N2O2. The predicted molar refractivity (Wildman–Crippen MR) is 73.7 cm³/mol. The van der Waals surface area contributed by atoms with E-state index in [-0.39, 0.29) is 17.9 Å². The highest BCUT2D eigenvalue weighted by molar-refractivity contribution is 5.79. The topological polar surface area (TPSA) is 42.4 Å². The summed E-state index contributed by atoms with van der Waals surface area (Å²) in [6, 6.07) is 3.82. The third-order valence-electron chi connectivity index (χ3n) is 3.11. The molecule has 1 saturated heterocycles. The number of aromatic nitrogens is 1. The molecule has 1 unspecified atom stereocenters. The average Bonchev–Trinajstić information content (AvgIpc) is 2.70. The molecule has 1 aliphatic heterocycles. The maximum atomic E-state index is 11.8. The second-order valence-corrected chi connectivity index (χ2v) is 5.14. The van der Waals surface area contributed by atoms with Crippen LogP contribution in [-0.2, 0) is 11.3 Å². The van der Waals surface area contributed by atoms with Crippen molar-refractivity contribution in [1.82, 2.24) is 9.88 Å². The van der Waals surface area contributed by atoms with Crippen LogP contribution in [0.4, 0.5) is 0 Å². The molecule has 0 N–H and O–H groups in total. The minimum Gasteiger partial charge on any atom is -0.475 e. The first-order valence-corrected chi connectivity index (χ1v) is 6.60. The predicted octanol–water partition coefficient (Wildman–Crippen LogP) is 2.40. The molecule has 4 heteroatoms. The number of hydrogen-bond acceptors (Lipinski definition) is 3. The van der Waals surface area contributed by atoms with E-state index in [2.05, 4.69) is 11.6 Å². The van der Waals surface area contributed by atoms with Gasteiger partial charge in [0.05, 0.1) is 6.10 Å². The average molecular weight is 260 g/mol. The van der Waals surface area contributed by atoms with E-state index in [1.165, 1.54) is 0 Å². The number of nitrogens with zero attached hydrogens (tertiary/aromatic N) is 2. The largest absolute Gasteiger partial charge is 0.475 e. The first-order valence-electron chi connectivity index (χ1n) is 6.60. The van der Waals surface area contributed by atoms with E-state index in [4.69, 9.17) is 4.74 Å². The third kappa shape index (κ3) is 3.56. The van der Waals surface area contributed by atoms with Crippen LogP contribution in [0.25, 0.3) is 0 Å². The van der Waals surface area contributed by atoms with Crippen LogP contribution in [-0.4, -0.2) is 28.4 Å². The summed E-state index contributed by atoms with van der Waals surface area (Å²) in [6.07, 6.45) is 4.25. The second-order valence-electron chi connectivity index (χ2n) is 5.14. The molecule has 102 valence electrons. The summed E-state index contributed by atoms with van der Waals surface area (Å²) in [6.45, 7) is 9.05. The van der Waals surface area contributed by atoms with E-state index >= 15 is 0 Å². The minimum absolute atomic E-state index is 0.0984. The molecule has 0 saturated carbocycles. The number of carbonyl (C=O) groups is 1. The van der Waals surface area contributed by atoms with Gasteiger partial charge in [-0.1, -0.05) is 6.08 Å². The van der Waals surface area contributed by atoms with Crippen LogP contribution in [0.15, 0.2) is 31.0 Å². The van der Waals surface area contributed by atoms with Crippen molar-refractivity contribution in [3.8, 4) is 5.88 Å². The Balaban J connectivity index is 2.03. The fraction of sp³-hybridized carbons (Fsp3) is 0.467. The normalized spacial score (nSPS) is 19.0. The molecule has 19 heavy (non-hydrogen) atoms. The summed E-state index contributed by atoms with van der Waals surface area (Å²) in [5, 5.41) is 0. The van der Waals surface area contributed by atoms with E-state index in [9.17, 15) is 4.79 Å². The number of likely N-dealkylation sites (tertiary alicyclic amines) is 1. The van der Waals surface area contributed by atoms with Crippen LogP contribution in [0.1, 0.15) is 25.8 Å². The molecule has 4 nitrogen and oxygen atoms in total. The monoisotopic (exact) mass is 260 g/mol. The maximum Gasteiger partial charge on any atom is 0.223 e. The van der Waals surface area contributed by atoms with Gasteiger partial charge in [-0.05, 0) is 25.5 Å². The van der Waals surface area contributed by atoms with Crippen LogP contribution in [0, 0.1) is 5.92 Å². The molecule has 1 aromatic rings. The lowest BCUT2D eigenvalue weighted by atomic mass is 10.1. The Kier molecular flexibility index (Phi) is 4.20. The molecule has 0 radical (unpaired) electrons. The van der Waals surface area contributed by atoms with Crippen LogP contribution in [0.5, 0.6) is 5.88 Å². The molecule has 0 aromatic carbocycles. The van der Waals surface area contributed by atoms with E-state index in [0.29, 0.717) is 18.8 Å². The second kappa shape index (κ2) is 5.87. The number of ether oxygens (including phenoxy) is 1. The number of carbonyl (C=O) groups excluding carboxylic acids is 1. The van der Waals surface area contributed by atoms with Gasteiger partial charge in [0.1, 0.15) is 0 Å². The van der Waals surface area contributed by atoms with Crippen molar-refractivity contribution >= 4 is 5.91 Å². The van der Waals surface area contributed by atoms with Crippen molar-refractivity contribution in [3.63, 3.8) is 0 Å². The zero-order valence-corrected chi connectivity index (χ0v) is 11.5. The van der Waals surface area contributed by atoms with E-state index in [1.54, 1.807) is 6.20 Å². The smallest absolute Gasteiger partial charge is 0.223 e. The Morgan fingerprint density at radius 1 is 1.63 bits per heavy atom. The lowest BCUT2D eigenvalue weighted by Crippen LogP contribution is -2.24. The zero-order valence-electron chi connectivity index (χ0n) is 11.5. The zero-order chi connectivity index (χ0) is 13.8. The van der Waals surface area contributed by atoms with Gasteiger partial charge in [-0.3, -0.25) is 4.79 Å². The Labute approximate surface area is 114 Å². The molecule has 1 fully saturated rings. The van der Waals surface area contributed by atoms with E-state index < -0.39 is 0 Å². The van der Waals surface area contributed by atoms with Crippen molar-refractivity contribution in [2.24, 2.45) is 5.92 Å². The molecule has 1 atom stereocenters. The summed E-state index contributed by atoms with van der Waals surface area (Å²) in [5.41, 5.74) is 1.05. The van der Waals surface area contributed by atoms with Crippen LogP contribution in [0.3, 0.4) is 0 Å². The van der Waals surface area contributed by atoms with Gasteiger partial charge < -0.3 is 9.64 Å². The molecule has 1 aliphatic rings. The van der Waals surface area contributed by atoms with Crippen molar-refractivity contribution < 1.29 is 9.53 Å². The first kappa shape index (κ1) is 13.6. The molecule has 1 aromatic heterocycles. The van der Waals surface area contributed by atoms with Gasteiger partial charge in [0, 0.05) is 37.7 Å². The molecule has 0 spiro atoms. The number of amides is 1. The summed E-state index contributed by atoms with van der Waals surface area (Å²) >= 11 is 0. The highest BCUT2D eigenvalue weighted by atomic mass is 16.5. The SMILES string of the molecule is C=CC1CC(=O)N(Cc2ccnc(OC(C)C)c2)C1. The fourth-order valence-electron chi connectivity index (χ4n) is 2.19. The molecule has 2 rings (SSSR count). The van der Waals surface area contributed by atoms with Crippen molar-refractivity contribution in [1.29, 1.82) is 0 Å². The van der Waals surface area contributed by atoms with Gasteiger partial charge in [0.2, 0.25) is 11.8 Å². The first-order chi connectivity index (χ1) is 9.08. The Bertz CT molecular complexity index is 471.